The molecule has 2 aromatic rings. The lowest BCUT2D eigenvalue weighted by atomic mass is 9.78. The molecular weight excluding hydrogens is 533 g/mol. The molecule has 3 heterocycles. The number of aliphatic hydroxyl groups excluding tert-OH is 2. The maximum atomic E-state index is 14.3. The summed E-state index contributed by atoms with van der Waals surface area (Å²) in [4.78, 5) is 4.02. The molecule has 6 nitrogen and oxygen atoms in total. The number of halogens is 3. The first-order valence-corrected chi connectivity index (χ1v) is 13.0. The van der Waals surface area contributed by atoms with Gasteiger partial charge in [-0.25, -0.2) is 8.78 Å². The molecule has 2 aromatic carbocycles. The topological polar surface area (TPSA) is 65.4 Å². The zero-order valence-electron chi connectivity index (χ0n) is 21.2. The van der Waals surface area contributed by atoms with Crippen LogP contribution in [0.4, 0.5) is 8.78 Å². The summed E-state index contributed by atoms with van der Waals surface area (Å²) in [5.41, 5.74) is 1.15. The van der Waals surface area contributed by atoms with Crippen molar-refractivity contribution in [2.75, 3.05) is 26.2 Å². The third-order valence-electron chi connectivity index (χ3n) is 7.28. The number of β-amino-alcohol motifs (C(OH)–C–C–N with tert-alkyl or cyclic N) is 2. The van der Waals surface area contributed by atoms with E-state index in [-0.39, 0.29) is 23.8 Å². The normalized spacial score (nSPS) is 22.1. The highest BCUT2D eigenvalue weighted by Crippen LogP contribution is 2.36. The first-order valence-electron chi connectivity index (χ1n) is 12.2. The first-order chi connectivity index (χ1) is 16.8. The molecule has 0 amide bonds. The van der Waals surface area contributed by atoms with Gasteiger partial charge in [0, 0.05) is 54.9 Å². The van der Waals surface area contributed by atoms with Crippen LogP contribution in [0.2, 0.25) is 0 Å². The molecule has 196 valence electrons. The van der Waals surface area contributed by atoms with Crippen LogP contribution in [0.15, 0.2) is 40.9 Å². The number of likely N-dealkylation sites (tertiary alicyclic amines) is 2. The summed E-state index contributed by atoms with van der Waals surface area (Å²) in [6.07, 6.45) is -0.499. The number of benzene rings is 2. The molecule has 3 aliphatic heterocycles. The minimum absolute atomic E-state index is 0.194. The van der Waals surface area contributed by atoms with Gasteiger partial charge in [-0.3, -0.25) is 9.80 Å². The minimum Gasteiger partial charge on any atom is -0.399 e. The van der Waals surface area contributed by atoms with Crippen molar-refractivity contribution in [3.05, 3.63) is 63.6 Å². The molecule has 0 aromatic heterocycles. The van der Waals surface area contributed by atoms with Crippen LogP contribution in [0, 0.1) is 11.6 Å². The summed E-state index contributed by atoms with van der Waals surface area (Å²) < 4.78 is 40.3. The van der Waals surface area contributed by atoms with Gasteiger partial charge in [0.1, 0.15) is 11.6 Å². The van der Waals surface area contributed by atoms with Gasteiger partial charge in [0.05, 0.1) is 23.4 Å². The quantitative estimate of drug-likeness (QED) is 0.542. The third kappa shape index (κ3) is 6.35. The zero-order valence-corrected chi connectivity index (χ0v) is 22.8. The molecule has 3 saturated heterocycles. The second kappa shape index (κ2) is 10.8. The van der Waals surface area contributed by atoms with Crippen LogP contribution < -0.4 is 5.46 Å². The van der Waals surface area contributed by atoms with Gasteiger partial charge < -0.3 is 19.5 Å². The van der Waals surface area contributed by atoms with Crippen LogP contribution in [-0.2, 0) is 22.4 Å². The molecule has 36 heavy (non-hydrogen) atoms. The smallest absolute Gasteiger partial charge is 0.399 e. The molecule has 10 heteroatoms. The van der Waals surface area contributed by atoms with Crippen molar-refractivity contribution in [1.82, 2.24) is 9.80 Å². The summed E-state index contributed by atoms with van der Waals surface area (Å²) in [6.45, 7) is 11.5. The van der Waals surface area contributed by atoms with Crippen LogP contribution in [0.25, 0.3) is 0 Å². The van der Waals surface area contributed by atoms with Crippen molar-refractivity contribution in [3.63, 3.8) is 0 Å². The largest absolute Gasteiger partial charge is 0.494 e. The summed E-state index contributed by atoms with van der Waals surface area (Å²) >= 11 is 3.21. The van der Waals surface area contributed by atoms with Crippen LogP contribution in [-0.4, -0.2) is 76.7 Å². The van der Waals surface area contributed by atoms with Gasteiger partial charge in [-0.2, -0.15) is 0 Å². The summed E-state index contributed by atoms with van der Waals surface area (Å²) in [5, 5.41) is 18.3. The van der Waals surface area contributed by atoms with E-state index in [1.54, 1.807) is 12.1 Å². The van der Waals surface area contributed by atoms with E-state index in [0.29, 0.717) is 55.9 Å². The molecule has 0 saturated carbocycles. The average Bonchev–Trinajstić information content (AvgIpc) is 2.96. The van der Waals surface area contributed by atoms with Gasteiger partial charge in [0.2, 0.25) is 0 Å². The molecule has 0 atom stereocenters. The Labute approximate surface area is 220 Å². The highest BCUT2D eigenvalue weighted by molar-refractivity contribution is 9.10. The predicted molar refractivity (Wildman–Crippen MR) is 139 cm³/mol. The lowest BCUT2D eigenvalue weighted by molar-refractivity contribution is -0.00361. The molecule has 0 spiro atoms. The minimum atomic E-state index is -0.542. The van der Waals surface area contributed by atoms with Gasteiger partial charge in [0.15, 0.2) is 0 Å². The Kier molecular flexibility index (Phi) is 8.26. The Morgan fingerprint density at radius 3 is 1.69 bits per heavy atom. The lowest BCUT2D eigenvalue weighted by Crippen LogP contribution is -2.50. The second-order valence-corrected chi connectivity index (χ2v) is 11.8. The van der Waals surface area contributed by atoms with Crippen LogP contribution >= 0.6 is 15.9 Å². The standard InChI is InChI=1S/C16H23BFNO3.C10H11BrFNO/c1-15(2)16(3,4)22-17(21-15)12-6-5-11(14(18)7-12)8-19-9-13(20)10-19;11-8-2-1-7(10(12)3-8)4-13-5-9(14)6-13/h5-7,13,20H,8-10H2,1-4H3;1-3,9,14H,4-6H2. The zero-order chi connectivity index (χ0) is 26.3. The van der Waals surface area contributed by atoms with Crippen LogP contribution in [0.5, 0.6) is 0 Å². The molecule has 2 N–H and O–H groups in total. The monoisotopic (exact) mass is 566 g/mol. The van der Waals surface area contributed by atoms with E-state index in [1.807, 2.05) is 49.6 Å². The maximum Gasteiger partial charge on any atom is 0.494 e. The van der Waals surface area contributed by atoms with Crippen molar-refractivity contribution in [2.45, 2.75) is 64.2 Å². The van der Waals surface area contributed by atoms with Crippen molar-refractivity contribution >= 4 is 28.5 Å². The molecule has 0 aliphatic carbocycles. The fourth-order valence-corrected chi connectivity index (χ4v) is 4.63. The van der Waals surface area contributed by atoms with E-state index in [0.717, 1.165) is 4.47 Å². The van der Waals surface area contributed by atoms with Crippen molar-refractivity contribution in [3.8, 4) is 0 Å². The number of nitrogens with zero attached hydrogens (tertiary/aromatic N) is 2. The van der Waals surface area contributed by atoms with Crippen molar-refractivity contribution in [1.29, 1.82) is 0 Å². The Hall–Kier alpha value is -1.40. The first kappa shape index (κ1) is 27.6. The molecule has 0 unspecified atom stereocenters. The SMILES string of the molecule is CC1(C)OB(c2ccc(CN3CC(O)C3)c(F)c2)OC1(C)C.OC1CN(Cc2ccc(Br)cc2F)C1. The van der Waals surface area contributed by atoms with E-state index in [9.17, 15) is 13.9 Å². The Bertz CT molecular complexity index is 1060. The maximum absolute atomic E-state index is 14.3. The summed E-state index contributed by atoms with van der Waals surface area (Å²) in [7, 11) is -0.542. The number of hydrogen-bond donors (Lipinski definition) is 2. The highest BCUT2D eigenvalue weighted by atomic mass is 79.9. The van der Waals surface area contributed by atoms with Gasteiger partial charge in [-0.05, 0) is 51.4 Å². The van der Waals surface area contributed by atoms with Crippen LogP contribution in [0.3, 0.4) is 0 Å². The Morgan fingerprint density at radius 2 is 1.28 bits per heavy atom. The average molecular weight is 567 g/mol. The van der Waals surface area contributed by atoms with Crippen molar-refractivity contribution < 1.29 is 28.3 Å². The van der Waals surface area contributed by atoms with Crippen molar-refractivity contribution in [2.24, 2.45) is 0 Å². The van der Waals surface area contributed by atoms with E-state index >= 15 is 0 Å². The van der Waals surface area contributed by atoms with Gasteiger partial charge in [0.25, 0.3) is 0 Å². The molecule has 5 rings (SSSR count). The second-order valence-electron chi connectivity index (χ2n) is 10.9. The van der Waals surface area contributed by atoms with Crippen LogP contribution in [0.1, 0.15) is 38.8 Å². The molecule has 3 aliphatic rings. The highest BCUT2D eigenvalue weighted by Gasteiger charge is 2.51. The summed E-state index contributed by atoms with van der Waals surface area (Å²) in [5.74, 6) is -0.450. The molecular formula is C26H34BBrF2N2O4. The number of rotatable bonds is 5. The predicted octanol–water partition coefficient (Wildman–Crippen LogP) is 3.07. The molecule has 0 radical (unpaired) electrons. The van der Waals surface area contributed by atoms with E-state index in [2.05, 4.69) is 15.9 Å². The number of aliphatic hydroxyl groups is 2. The Morgan fingerprint density at radius 1 is 0.833 bits per heavy atom. The fourth-order valence-electron chi connectivity index (χ4n) is 4.29. The van der Waals surface area contributed by atoms with Gasteiger partial charge in [-0.15, -0.1) is 0 Å². The van der Waals surface area contributed by atoms with Gasteiger partial charge in [-0.1, -0.05) is 34.1 Å². The lowest BCUT2D eigenvalue weighted by Gasteiger charge is -2.35. The van der Waals surface area contributed by atoms with Gasteiger partial charge >= 0.3 is 7.12 Å². The Balaban J connectivity index is 0.000000187. The number of hydrogen-bond acceptors (Lipinski definition) is 6. The molecule has 0 bridgehead atoms. The van der Waals surface area contributed by atoms with E-state index < -0.39 is 18.3 Å². The van der Waals surface area contributed by atoms with E-state index in [1.165, 1.54) is 12.1 Å². The van der Waals surface area contributed by atoms with E-state index in [4.69, 9.17) is 14.4 Å². The third-order valence-corrected chi connectivity index (χ3v) is 7.77. The summed E-state index contributed by atoms with van der Waals surface area (Å²) in [6, 6.07) is 10.2. The fraction of sp³-hybridized carbons (Fsp3) is 0.538. The molecule has 3 fully saturated rings.